The Labute approximate surface area is 156 Å². The number of aromatic nitrogens is 4. The topological polar surface area (TPSA) is 88.1 Å². The molecule has 0 unspecified atom stereocenters. The molecule has 0 saturated carbocycles. The Morgan fingerprint density at radius 3 is 2.88 bits per heavy atom. The molecule has 0 amide bonds. The second kappa shape index (κ2) is 6.37. The lowest BCUT2D eigenvalue weighted by molar-refractivity contribution is 0.174. The molecular weight excluding hydrogens is 441 g/mol. The summed E-state index contributed by atoms with van der Waals surface area (Å²) in [5.74, 6) is 1.54. The third-order valence-corrected chi connectivity index (χ3v) is 5.97. The van der Waals surface area contributed by atoms with Crippen LogP contribution in [0.5, 0.6) is 11.5 Å². The molecule has 1 aliphatic rings. The number of nitrogens with zero attached hydrogens (tertiary/aromatic N) is 4. The molecule has 7 nitrogen and oxygen atoms in total. The molecule has 4 rings (SSSR count). The Hall–Kier alpha value is -1.59. The lowest BCUT2D eigenvalue weighted by Crippen LogP contribution is -2.11. The first-order valence-electron chi connectivity index (χ1n) is 7.32. The summed E-state index contributed by atoms with van der Waals surface area (Å²) in [6.07, 6.45) is 1.56. The molecule has 0 bridgehead atoms. The molecule has 2 N–H and O–H groups in total. The van der Waals surface area contributed by atoms with Crippen LogP contribution in [0, 0.1) is 10.5 Å². The molecule has 3 aromatic rings. The monoisotopic (exact) mass is 455 g/mol. The van der Waals surface area contributed by atoms with Gasteiger partial charge < -0.3 is 19.8 Å². The van der Waals surface area contributed by atoms with Crippen LogP contribution in [0.4, 0.5) is 0 Å². The van der Waals surface area contributed by atoms with Gasteiger partial charge in [0.2, 0.25) is 6.79 Å². The summed E-state index contributed by atoms with van der Waals surface area (Å²) in [6, 6.07) is 3.96. The van der Waals surface area contributed by atoms with Crippen molar-refractivity contribution in [3.63, 3.8) is 0 Å². The quantitative estimate of drug-likeness (QED) is 0.606. The van der Waals surface area contributed by atoms with E-state index in [1.165, 1.54) is 0 Å². The molecule has 3 heterocycles. The van der Waals surface area contributed by atoms with Crippen molar-refractivity contribution in [3.8, 4) is 11.5 Å². The average molecular weight is 455 g/mol. The molecule has 2 aromatic heterocycles. The van der Waals surface area contributed by atoms with Crippen molar-refractivity contribution in [1.29, 1.82) is 0 Å². The summed E-state index contributed by atoms with van der Waals surface area (Å²) in [5, 5.41) is 0.843. The van der Waals surface area contributed by atoms with Crippen molar-refractivity contribution in [2.75, 3.05) is 13.3 Å². The van der Waals surface area contributed by atoms with Gasteiger partial charge in [0, 0.05) is 21.6 Å². The molecular formula is C15H14IN5O2S. The number of ether oxygens (including phenoxy) is 2. The van der Waals surface area contributed by atoms with Gasteiger partial charge in [0.25, 0.3) is 0 Å². The van der Waals surface area contributed by atoms with E-state index in [0.717, 1.165) is 42.0 Å². The van der Waals surface area contributed by atoms with Gasteiger partial charge in [0.1, 0.15) is 11.8 Å². The van der Waals surface area contributed by atoms with Crippen molar-refractivity contribution in [2.45, 2.75) is 23.5 Å². The molecule has 0 fully saturated rings. The highest BCUT2D eigenvalue weighted by Gasteiger charge is 2.20. The van der Waals surface area contributed by atoms with Gasteiger partial charge in [-0.25, -0.2) is 15.0 Å². The Kier molecular flexibility index (Phi) is 4.22. The maximum Gasteiger partial charge on any atom is 0.231 e. The predicted octanol–water partition coefficient (Wildman–Crippen LogP) is 2.58. The molecule has 0 saturated heterocycles. The molecule has 0 aliphatic carbocycles. The molecule has 1 aromatic carbocycles. The number of fused-ring (bicyclic) bond motifs is 2. The van der Waals surface area contributed by atoms with Crippen LogP contribution in [0.25, 0.3) is 11.2 Å². The fourth-order valence-corrected chi connectivity index (χ4v) is 4.23. The van der Waals surface area contributed by atoms with Gasteiger partial charge >= 0.3 is 0 Å². The number of hydrogen-bond acceptors (Lipinski definition) is 7. The van der Waals surface area contributed by atoms with Gasteiger partial charge in [-0.3, -0.25) is 0 Å². The highest BCUT2D eigenvalue weighted by atomic mass is 127. The average Bonchev–Trinajstić information content (AvgIpc) is 3.14. The molecule has 0 atom stereocenters. The van der Waals surface area contributed by atoms with E-state index < -0.39 is 0 Å². The van der Waals surface area contributed by atoms with Crippen LogP contribution in [-0.2, 0) is 6.54 Å². The van der Waals surface area contributed by atoms with E-state index >= 15 is 0 Å². The van der Waals surface area contributed by atoms with Crippen LogP contribution in [0.2, 0.25) is 0 Å². The normalized spacial score (nSPS) is 13.0. The Morgan fingerprint density at radius 2 is 2.08 bits per heavy atom. The van der Waals surface area contributed by atoms with Crippen LogP contribution in [0.3, 0.4) is 0 Å². The minimum Gasteiger partial charge on any atom is -0.454 e. The van der Waals surface area contributed by atoms with Crippen molar-refractivity contribution in [2.24, 2.45) is 5.73 Å². The number of rotatable bonds is 4. The smallest absolute Gasteiger partial charge is 0.231 e. The second-order valence-corrected chi connectivity index (χ2v) is 7.38. The summed E-state index contributed by atoms with van der Waals surface area (Å²) in [4.78, 5) is 14.4. The Morgan fingerprint density at radius 1 is 1.29 bits per heavy atom. The molecule has 124 valence electrons. The molecule has 0 radical (unpaired) electrons. The zero-order valence-corrected chi connectivity index (χ0v) is 15.8. The summed E-state index contributed by atoms with van der Waals surface area (Å²) in [7, 11) is 0. The lowest BCUT2D eigenvalue weighted by atomic mass is 10.3. The van der Waals surface area contributed by atoms with Gasteiger partial charge in [-0.1, -0.05) is 11.8 Å². The third kappa shape index (κ3) is 2.70. The maximum absolute atomic E-state index is 5.78. The van der Waals surface area contributed by atoms with Crippen LogP contribution in [0.15, 0.2) is 28.5 Å². The summed E-state index contributed by atoms with van der Waals surface area (Å²) in [5.41, 5.74) is 8.26. The zero-order valence-electron chi connectivity index (χ0n) is 12.8. The van der Waals surface area contributed by atoms with Gasteiger partial charge in [0.15, 0.2) is 22.3 Å². The van der Waals surface area contributed by atoms with Crippen LogP contribution >= 0.6 is 34.4 Å². The Bertz CT molecular complexity index is 930. The van der Waals surface area contributed by atoms with Gasteiger partial charge in [0.05, 0.1) is 5.69 Å². The van der Waals surface area contributed by atoms with Crippen LogP contribution in [-0.4, -0.2) is 32.9 Å². The summed E-state index contributed by atoms with van der Waals surface area (Å²) in [6.45, 7) is 3.36. The summed E-state index contributed by atoms with van der Waals surface area (Å²) >= 11 is 3.86. The second-order valence-electron chi connectivity index (χ2n) is 5.20. The van der Waals surface area contributed by atoms with Crippen molar-refractivity contribution < 1.29 is 9.47 Å². The first kappa shape index (κ1) is 15.9. The highest BCUT2D eigenvalue weighted by Crippen LogP contribution is 2.41. The standard InChI is InChI=1S/C15H14IN5O2S/c1-8-13-14(19-6-18-8)21(3-2-17)15(20-13)24-12-5-11-10(4-9(12)16)22-7-23-11/h4-6H,2-3,7,17H2,1H3. The molecule has 0 spiro atoms. The number of halogens is 1. The van der Waals surface area contributed by atoms with Crippen molar-refractivity contribution >= 4 is 45.5 Å². The number of benzene rings is 1. The highest BCUT2D eigenvalue weighted by molar-refractivity contribution is 14.1. The maximum atomic E-state index is 5.78. The van der Waals surface area contributed by atoms with Crippen LogP contribution in [0.1, 0.15) is 5.69 Å². The first-order valence-corrected chi connectivity index (χ1v) is 9.22. The number of hydrogen-bond donors (Lipinski definition) is 1. The number of aryl methyl sites for hydroxylation is 1. The van der Waals surface area contributed by atoms with Gasteiger partial charge in [-0.05, 0) is 41.6 Å². The van der Waals surface area contributed by atoms with E-state index in [1.54, 1.807) is 18.1 Å². The summed E-state index contributed by atoms with van der Waals surface area (Å²) < 4.78 is 14.0. The van der Waals surface area contributed by atoms with Crippen molar-refractivity contribution in [3.05, 3.63) is 27.7 Å². The van der Waals surface area contributed by atoms with E-state index in [-0.39, 0.29) is 6.79 Å². The fraction of sp³-hybridized carbons (Fsp3) is 0.267. The van der Waals surface area contributed by atoms with Gasteiger partial charge in [-0.15, -0.1) is 0 Å². The predicted molar refractivity (Wildman–Crippen MR) is 98.5 cm³/mol. The minimum absolute atomic E-state index is 0.264. The minimum atomic E-state index is 0.264. The van der Waals surface area contributed by atoms with Crippen LogP contribution < -0.4 is 15.2 Å². The first-order chi connectivity index (χ1) is 11.7. The zero-order chi connectivity index (χ0) is 16.7. The van der Waals surface area contributed by atoms with Gasteiger partial charge in [-0.2, -0.15) is 0 Å². The van der Waals surface area contributed by atoms with E-state index in [1.807, 2.05) is 23.6 Å². The van der Waals surface area contributed by atoms with E-state index in [2.05, 4.69) is 32.6 Å². The molecule has 1 aliphatic heterocycles. The SMILES string of the molecule is Cc1ncnc2c1nc(Sc1cc3c(cc1I)OCO3)n2CCN. The van der Waals surface area contributed by atoms with Crippen molar-refractivity contribution in [1.82, 2.24) is 19.5 Å². The molecule has 24 heavy (non-hydrogen) atoms. The fourth-order valence-electron chi connectivity index (χ4n) is 2.51. The largest absolute Gasteiger partial charge is 0.454 e. The van der Waals surface area contributed by atoms with E-state index in [9.17, 15) is 0 Å². The lowest BCUT2D eigenvalue weighted by Gasteiger charge is -2.08. The van der Waals surface area contributed by atoms with E-state index in [0.29, 0.717) is 13.1 Å². The number of imidazole rings is 1. The third-order valence-electron chi connectivity index (χ3n) is 3.66. The molecule has 9 heteroatoms. The van der Waals surface area contributed by atoms with E-state index in [4.69, 9.17) is 20.2 Å². The Balaban J connectivity index is 1.80. The number of nitrogens with two attached hydrogens (primary N) is 1.